The number of nitrogens with zero attached hydrogens (tertiary/aromatic N) is 3. The maximum Gasteiger partial charge on any atom is 0.229 e. The molecule has 1 aromatic carbocycles. The summed E-state index contributed by atoms with van der Waals surface area (Å²) in [5.74, 6) is 0.643. The number of aromatic nitrogens is 2. The molecule has 5 rings (SSSR count). The molecule has 5 nitrogen and oxygen atoms in total. The van der Waals surface area contributed by atoms with Gasteiger partial charge in [0.2, 0.25) is 5.91 Å². The SMILES string of the molecule is N#Cc1ccc(NC(=O)[C@H]2CC[C@]23CC[C@H](c2ccnc4ccc(F)cc42)CC3)nc1. The zero-order valence-electron chi connectivity index (χ0n) is 17.1. The quantitative estimate of drug-likeness (QED) is 0.628. The average Bonchev–Trinajstić information content (AvgIpc) is 2.78. The van der Waals surface area contributed by atoms with Crippen LogP contribution in [0.4, 0.5) is 10.2 Å². The smallest absolute Gasteiger partial charge is 0.229 e. The van der Waals surface area contributed by atoms with Crippen molar-refractivity contribution in [2.75, 3.05) is 5.32 Å². The lowest BCUT2D eigenvalue weighted by molar-refractivity contribution is -0.133. The summed E-state index contributed by atoms with van der Waals surface area (Å²) in [4.78, 5) is 21.5. The molecule has 2 saturated carbocycles. The van der Waals surface area contributed by atoms with Gasteiger partial charge in [-0.25, -0.2) is 9.37 Å². The first-order valence-electron chi connectivity index (χ1n) is 10.8. The molecule has 0 saturated heterocycles. The van der Waals surface area contributed by atoms with Gasteiger partial charge in [0.25, 0.3) is 0 Å². The molecule has 1 amide bonds. The highest BCUT2D eigenvalue weighted by atomic mass is 19.1. The molecule has 1 N–H and O–H groups in total. The van der Waals surface area contributed by atoms with E-state index in [2.05, 4.69) is 15.3 Å². The number of pyridine rings is 2. The Morgan fingerprint density at radius 2 is 1.90 bits per heavy atom. The van der Waals surface area contributed by atoms with Crippen LogP contribution in [0.3, 0.4) is 0 Å². The van der Waals surface area contributed by atoms with Crippen LogP contribution in [-0.4, -0.2) is 15.9 Å². The van der Waals surface area contributed by atoms with Crippen LogP contribution in [0.5, 0.6) is 0 Å². The van der Waals surface area contributed by atoms with Gasteiger partial charge in [0.1, 0.15) is 17.7 Å². The van der Waals surface area contributed by atoms with Gasteiger partial charge in [-0.1, -0.05) is 0 Å². The number of halogens is 1. The minimum absolute atomic E-state index is 0.00229. The number of hydrogen-bond donors (Lipinski definition) is 1. The van der Waals surface area contributed by atoms with Crippen LogP contribution in [0.2, 0.25) is 0 Å². The number of anilines is 1. The van der Waals surface area contributed by atoms with E-state index in [4.69, 9.17) is 5.26 Å². The van der Waals surface area contributed by atoms with E-state index in [1.165, 1.54) is 17.8 Å². The highest BCUT2D eigenvalue weighted by Gasteiger charge is 2.51. The molecule has 6 heteroatoms. The van der Waals surface area contributed by atoms with Gasteiger partial charge < -0.3 is 5.32 Å². The van der Waals surface area contributed by atoms with Crippen molar-refractivity contribution in [1.82, 2.24) is 9.97 Å². The van der Waals surface area contributed by atoms with Crippen molar-refractivity contribution in [3.8, 4) is 6.07 Å². The first-order chi connectivity index (χ1) is 15.1. The number of benzene rings is 1. The molecule has 2 heterocycles. The summed E-state index contributed by atoms with van der Waals surface area (Å²) >= 11 is 0. The third-order valence-corrected chi connectivity index (χ3v) is 7.29. The molecular formula is C25H23FN4O. The van der Waals surface area contributed by atoms with Gasteiger partial charge in [0, 0.05) is 23.7 Å². The normalized spacial score (nSPS) is 25.0. The lowest BCUT2D eigenvalue weighted by Gasteiger charge is -2.52. The number of fused-ring (bicyclic) bond motifs is 1. The molecule has 2 fully saturated rings. The Kier molecular flexibility index (Phi) is 4.90. The minimum Gasteiger partial charge on any atom is -0.310 e. The molecule has 0 aliphatic heterocycles. The van der Waals surface area contributed by atoms with Gasteiger partial charge in [-0.3, -0.25) is 9.78 Å². The Morgan fingerprint density at radius 3 is 2.58 bits per heavy atom. The molecule has 3 aromatic rings. The molecule has 156 valence electrons. The first kappa shape index (κ1) is 19.6. The van der Waals surface area contributed by atoms with Crippen molar-refractivity contribution in [2.45, 2.75) is 44.4 Å². The van der Waals surface area contributed by atoms with Crippen LogP contribution in [-0.2, 0) is 4.79 Å². The summed E-state index contributed by atoms with van der Waals surface area (Å²) < 4.78 is 13.8. The van der Waals surface area contributed by atoms with Gasteiger partial charge in [0.05, 0.1) is 11.1 Å². The van der Waals surface area contributed by atoms with Gasteiger partial charge in [-0.2, -0.15) is 5.26 Å². The Labute approximate surface area is 180 Å². The molecule has 0 radical (unpaired) electrons. The number of nitrogens with one attached hydrogen (secondary N) is 1. The summed E-state index contributed by atoms with van der Waals surface area (Å²) in [6.07, 6.45) is 9.23. The van der Waals surface area contributed by atoms with E-state index < -0.39 is 0 Å². The largest absolute Gasteiger partial charge is 0.310 e. The highest BCUT2D eigenvalue weighted by Crippen LogP contribution is 2.58. The van der Waals surface area contributed by atoms with Crippen LogP contribution >= 0.6 is 0 Å². The molecule has 1 atom stereocenters. The van der Waals surface area contributed by atoms with Crippen LogP contribution in [0.1, 0.15) is 55.6 Å². The Balaban J connectivity index is 1.28. The molecule has 1 spiro atoms. The third-order valence-electron chi connectivity index (χ3n) is 7.29. The molecule has 2 aliphatic rings. The number of rotatable bonds is 3. The first-order valence-corrected chi connectivity index (χ1v) is 10.8. The molecule has 2 aromatic heterocycles. The predicted octanol–water partition coefficient (Wildman–Crippen LogP) is 5.33. The van der Waals surface area contributed by atoms with Crippen molar-refractivity contribution in [2.24, 2.45) is 11.3 Å². The Morgan fingerprint density at radius 1 is 1.10 bits per heavy atom. The van der Waals surface area contributed by atoms with Gasteiger partial charge in [-0.05, 0) is 91.8 Å². The molecule has 31 heavy (non-hydrogen) atoms. The van der Waals surface area contributed by atoms with E-state index in [0.29, 0.717) is 17.3 Å². The number of nitriles is 1. The Hall–Kier alpha value is -3.33. The fourth-order valence-corrected chi connectivity index (χ4v) is 5.45. The number of carbonyl (C=O) groups is 1. The van der Waals surface area contributed by atoms with Gasteiger partial charge in [0.15, 0.2) is 0 Å². The molecule has 0 unspecified atom stereocenters. The fraction of sp³-hybridized carbons (Fsp3) is 0.360. The zero-order chi connectivity index (χ0) is 21.4. The van der Waals surface area contributed by atoms with Gasteiger partial charge >= 0.3 is 0 Å². The second-order valence-electron chi connectivity index (χ2n) is 8.82. The van der Waals surface area contributed by atoms with Gasteiger partial charge in [-0.15, -0.1) is 0 Å². The summed E-state index contributed by atoms with van der Waals surface area (Å²) in [6, 6.07) is 12.2. The summed E-state index contributed by atoms with van der Waals surface area (Å²) in [5, 5.41) is 12.7. The zero-order valence-corrected chi connectivity index (χ0v) is 17.1. The average molecular weight is 414 g/mol. The minimum atomic E-state index is -0.235. The van der Waals surface area contributed by atoms with E-state index in [-0.39, 0.29) is 23.1 Å². The maximum absolute atomic E-state index is 13.8. The molecule has 0 bridgehead atoms. The molecular weight excluding hydrogens is 391 g/mol. The summed E-state index contributed by atoms with van der Waals surface area (Å²) in [5.41, 5.74) is 2.53. The van der Waals surface area contributed by atoms with Crippen LogP contribution < -0.4 is 5.32 Å². The topological polar surface area (TPSA) is 78.7 Å². The van der Waals surface area contributed by atoms with Crippen molar-refractivity contribution >= 4 is 22.6 Å². The highest BCUT2D eigenvalue weighted by molar-refractivity contribution is 5.93. The van der Waals surface area contributed by atoms with Crippen molar-refractivity contribution < 1.29 is 9.18 Å². The Bertz CT molecular complexity index is 1180. The van der Waals surface area contributed by atoms with Crippen LogP contribution in [0.25, 0.3) is 10.9 Å². The second-order valence-corrected chi connectivity index (χ2v) is 8.82. The lowest BCUT2D eigenvalue weighted by Crippen LogP contribution is -2.48. The van der Waals surface area contributed by atoms with E-state index in [1.807, 2.05) is 18.3 Å². The number of amides is 1. The van der Waals surface area contributed by atoms with Crippen LogP contribution in [0.15, 0.2) is 48.8 Å². The van der Waals surface area contributed by atoms with E-state index in [0.717, 1.165) is 49.4 Å². The van der Waals surface area contributed by atoms with E-state index in [1.54, 1.807) is 24.3 Å². The second kappa shape index (κ2) is 7.73. The summed E-state index contributed by atoms with van der Waals surface area (Å²) in [7, 11) is 0. The summed E-state index contributed by atoms with van der Waals surface area (Å²) in [6.45, 7) is 0. The number of hydrogen-bond acceptors (Lipinski definition) is 4. The van der Waals surface area contributed by atoms with Crippen molar-refractivity contribution in [3.63, 3.8) is 0 Å². The van der Waals surface area contributed by atoms with Crippen LogP contribution in [0, 0.1) is 28.5 Å². The number of carbonyl (C=O) groups excluding carboxylic acids is 1. The predicted molar refractivity (Wildman–Crippen MR) is 116 cm³/mol. The van der Waals surface area contributed by atoms with E-state index >= 15 is 0 Å². The molecule has 2 aliphatic carbocycles. The van der Waals surface area contributed by atoms with E-state index in [9.17, 15) is 9.18 Å². The van der Waals surface area contributed by atoms with Crippen molar-refractivity contribution in [3.05, 3.63) is 65.7 Å². The standard InChI is InChI=1S/C25H23FN4O/c26-18-2-3-22-20(13-18)19(8-12-28-22)17-5-9-25(10-6-17)11-7-21(25)24(31)30-23-4-1-16(14-27)15-29-23/h1-4,8,12-13,15,17,21H,5-7,9-11H2,(H,29,30,31)/t17-,21-,25+/m1/s1. The lowest BCUT2D eigenvalue weighted by atomic mass is 9.52. The maximum atomic E-state index is 13.8. The van der Waals surface area contributed by atoms with Crippen molar-refractivity contribution in [1.29, 1.82) is 5.26 Å². The monoisotopic (exact) mass is 414 g/mol. The fourth-order valence-electron chi connectivity index (χ4n) is 5.45. The third kappa shape index (κ3) is 3.54.